The van der Waals surface area contributed by atoms with Crippen LogP contribution in [-0.2, 0) is 16.4 Å². The summed E-state index contributed by atoms with van der Waals surface area (Å²) < 4.78 is 30.6. The van der Waals surface area contributed by atoms with Crippen molar-refractivity contribution < 1.29 is 20.8 Å². The van der Waals surface area contributed by atoms with E-state index >= 15 is 0 Å². The molecule has 4 rings (SSSR count). The molecule has 2 N–H and O–H groups in total. The highest BCUT2D eigenvalue weighted by molar-refractivity contribution is 7.92. The van der Waals surface area contributed by atoms with E-state index in [0.717, 1.165) is 5.56 Å². The summed E-state index contributed by atoms with van der Waals surface area (Å²) >= 11 is 0. The number of aromatic hydroxyl groups is 1. The first-order valence-electron chi connectivity index (χ1n) is 10.7. The van der Waals surface area contributed by atoms with Crippen LogP contribution in [0.5, 0.6) is 5.75 Å². The van der Waals surface area contributed by atoms with Gasteiger partial charge in [-0.25, -0.2) is 13.4 Å². The molecule has 0 fully saturated rings. The summed E-state index contributed by atoms with van der Waals surface area (Å²) in [5.74, 6) is 0.369. The summed E-state index contributed by atoms with van der Waals surface area (Å²) in [6.07, 6.45) is 1.61. The van der Waals surface area contributed by atoms with E-state index in [0.29, 0.717) is 34.8 Å². The number of nitrogens with zero attached hydrogens (tertiary/aromatic N) is 4. The van der Waals surface area contributed by atoms with Gasteiger partial charge in [0.05, 0.1) is 33.3 Å². The molecular formula is C24H29N5O4S. The van der Waals surface area contributed by atoms with E-state index in [4.69, 9.17) is 4.42 Å². The highest BCUT2D eigenvalue weighted by Crippen LogP contribution is 2.32. The maximum Gasteiger partial charge on any atom is 0.268 e. The van der Waals surface area contributed by atoms with E-state index in [1.807, 2.05) is 13.1 Å². The number of aromatic nitrogens is 4. The number of phenolic OH excluding ortho intramolecular Hbond substituents is 1. The molecular weight excluding hydrogens is 454 g/mol. The molecule has 0 unspecified atom stereocenters. The molecule has 0 amide bonds. The van der Waals surface area contributed by atoms with Gasteiger partial charge in [-0.2, -0.15) is 0 Å². The number of sulfone groups is 1. The Hall–Kier alpha value is -3.63. The lowest BCUT2D eigenvalue weighted by Gasteiger charge is -2.09. The normalized spacial score (nSPS) is 11.8. The minimum Gasteiger partial charge on any atom is -0.507 e. The highest BCUT2D eigenvalue weighted by Gasteiger charge is 2.20. The summed E-state index contributed by atoms with van der Waals surface area (Å²) in [5.41, 5.74) is 3.57. The lowest BCUT2D eigenvalue weighted by Crippen LogP contribution is -2.13. The Morgan fingerprint density at radius 2 is 1.79 bits per heavy atom. The van der Waals surface area contributed by atoms with Crippen molar-refractivity contribution in [1.82, 2.24) is 25.5 Å². The van der Waals surface area contributed by atoms with Gasteiger partial charge in [-0.3, -0.25) is 4.98 Å². The van der Waals surface area contributed by atoms with Gasteiger partial charge in [0, 0.05) is 15.0 Å². The molecule has 0 saturated heterocycles. The van der Waals surface area contributed by atoms with Gasteiger partial charge in [0.2, 0.25) is 0 Å². The quantitative estimate of drug-likeness (QED) is 0.395. The molecule has 4 aromatic rings. The first kappa shape index (κ1) is 23.5. The molecule has 9 nitrogen and oxygen atoms in total. The van der Waals surface area contributed by atoms with Crippen molar-refractivity contribution in [3.8, 4) is 40.0 Å². The molecule has 2 aromatic heterocycles. The summed E-state index contributed by atoms with van der Waals surface area (Å²) in [6.45, 7) is 5.69. The monoisotopic (exact) mass is 483 g/mol. The van der Waals surface area contributed by atoms with Gasteiger partial charge in [-0.1, -0.05) is 18.2 Å². The predicted molar refractivity (Wildman–Crippen MR) is 132 cm³/mol. The average molecular weight is 484 g/mol. The second-order valence-corrected chi connectivity index (χ2v) is 10.6. The van der Waals surface area contributed by atoms with Crippen LogP contribution in [0.4, 0.5) is 0 Å². The third-order valence-electron chi connectivity index (χ3n) is 5.36. The standard InChI is InChI=1S/C24H25N5O4S.2H2/c1-14(2)34(31,32)18-8-6-17(7-9-18)20-13-26-15(3)22(27-20)24-29-28-23(33-24)19-10-5-16(12-25-4)11-21(19)30;;/h5-11,13-14,25,30H,12H2,1-4H3;2*1H. The molecule has 34 heavy (non-hydrogen) atoms. The summed E-state index contributed by atoms with van der Waals surface area (Å²) in [5, 5.41) is 21.1. The third-order valence-corrected chi connectivity index (χ3v) is 7.53. The van der Waals surface area contributed by atoms with E-state index in [1.54, 1.807) is 63.4 Å². The molecule has 180 valence electrons. The van der Waals surface area contributed by atoms with Crippen LogP contribution >= 0.6 is 0 Å². The van der Waals surface area contributed by atoms with Crippen molar-refractivity contribution in [1.29, 1.82) is 0 Å². The minimum absolute atomic E-state index is 0. The van der Waals surface area contributed by atoms with Crippen LogP contribution < -0.4 is 5.32 Å². The molecule has 2 aromatic carbocycles. The molecule has 0 spiro atoms. The van der Waals surface area contributed by atoms with Crippen LogP contribution in [0, 0.1) is 6.92 Å². The average Bonchev–Trinajstić information content (AvgIpc) is 3.29. The summed E-state index contributed by atoms with van der Waals surface area (Å²) in [6, 6.07) is 11.8. The van der Waals surface area contributed by atoms with E-state index in [2.05, 4.69) is 25.5 Å². The summed E-state index contributed by atoms with van der Waals surface area (Å²) in [4.78, 5) is 9.28. The molecule has 0 bridgehead atoms. The number of aryl methyl sites for hydroxylation is 1. The van der Waals surface area contributed by atoms with Crippen molar-refractivity contribution in [2.45, 2.75) is 37.5 Å². The maximum absolute atomic E-state index is 12.4. The molecule has 0 aliphatic rings. The lowest BCUT2D eigenvalue weighted by atomic mass is 10.1. The molecule has 0 aliphatic heterocycles. The maximum atomic E-state index is 12.4. The van der Waals surface area contributed by atoms with E-state index in [1.165, 1.54) is 0 Å². The Kier molecular flexibility index (Phi) is 6.45. The van der Waals surface area contributed by atoms with Gasteiger partial charge in [0.25, 0.3) is 11.8 Å². The SMILES string of the molecule is CNCc1ccc(-c2nnc(-c3nc(-c4ccc(S(=O)(=O)C(C)C)cc4)cnc3C)o2)c(O)c1.[HH].[HH]. The van der Waals surface area contributed by atoms with Crippen LogP contribution in [0.1, 0.15) is 28.0 Å². The zero-order chi connectivity index (χ0) is 24.5. The number of nitrogens with one attached hydrogen (secondary N) is 1. The van der Waals surface area contributed by atoms with Crippen molar-refractivity contribution in [2.75, 3.05) is 7.05 Å². The van der Waals surface area contributed by atoms with Crippen LogP contribution in [0.3, 0.4) is 0 Å². The predicted octanol–water partition coefficient (Wildman–Crippen LogP) is 4.27. The van der Waals surface area contributed by atoms with E-state index < -0.39 is 15.1 Å². The van der Waals surface area contributed by atoms with Gasteiger partial charge in [0.1, 0.15) is 11.4 Å². The first-order valence-corrected chi connectivity index (χ1v) is 12.2. The van der Waals surface area contributed by atoms with Gasteiger partial charge in [0.15, 0.2) is 9.84 Å². The Morgan fingerprint density at radius 3 is 2.44 bits per heavy atom. The van der Waals surface area contributed by atoms with Crippen molar-refractivity contribution in [3.63, 3.8) is 0 Å². The minimum atomic E-state index is -3.36. The molecule has 0 aliphatic carbocycles. The first-order chi connectivity index (χ1) is 16.2. The molecule has 2 heterocycles. The van der Waals surface area contributed by atoms with Crippen molar-refractivity contribution in [3.05, 3.63) is 59.9 Å². The Labute approximate surface area is 200 Å². The second-order valence-electron chi connectivity index (χ2n) is 8.10. The third kappa shape index (κ3) is 4.55. The molecule has 0 atom stereocenters. The largest absolute Gasteiger partial charge is 0.507 e. The Morgan fingerprint density at radius 1 is 1.09 bits per heavy atom. The summed E-state index contributed by atoms with van der Waals surface area (Å²) in [7, 11) is -1.53. The number of hydrogen-bond acceptors (Lipinski definition) is 9. The van der Waals surface area contributed by atoms with Gasteiger partial charge in [-0.15, -0.1) is 10.2 Å². The van der Waals surface area contributed by atoms with Crippen LogP contribution in [0.15, 0.2) is 58.0 Å². The van der Waals surface area contributed by atoms with Crippen LogP contribution in [-0.4, -0.2) is 46.0 Å². The Balaban J connectivity index is 0.00000228. The van der Waals surface area contributed by atoms with Gasteiger partial charge < -0.3 is 14.8 Å². The fourth-order valence-electron chi connectivity index (χ4n) is 3.38. The number of rotatable bonds is 7. The molecule has 0 saturated carbocycles. The molecule has 10 heteroatoms. The van der Waals surface area contributed by atoms with Crippen molar-refractivity contribution in [2.24, 2.45) is 0 Å². The van der Waals surface area contributed by atoms with Gasteiger partial charge in [-0.05, 0) is 57.6 Å². The second kappa shape index (κ2) is 9.32. The zero-order valence-corrected chi connectivity index (χ0v) is 20.1. The van der Waals surface area contributed by atoms with Gasteiger partial charge >= 0.3 is 0 Å². The van der Waals surface area contributed by atoms with E-state index in [-0.39, 0.29) is 25.3 Å². The highest BCUT2D eigenvalue weighted by atomic mass is 32.2. The fourth-order valence-corrected chi connectivity index (χ4v) is 4.44. The zero-order valence-electron chi connectivity index (χ0n) is 19.3. The lowest BCUT2D eigenvalue weighted by molar-refractivity contribution is 0.472. The molecule has 0 radical (unpaired) electrons. The topological polar surface area (TPSA) is 131 Å². The number of benzene rings is 2. The number of phenols is 1. The van der Waals surface area contributed by atoms with Crippen LogP contribution in [0.25, 0.3) is 34.3 Å². The fraction of sp³-hybridized carbons (Fsp3) is 0.250. The Bertz CT molecular complexity index is 1440. The smallest absolute Gasteiger partial charge is 0.268 e. The number of hydrogen-bond donors (Lipinski definition) is 2. The van der Waals surface area contributed by atoms with E-state index in [9.17, 15) is 13.5 Å². The van der Waals surface area contributed by atoms with Crippen LogP contribution in [0.2, 0.25) is 0 Å². The van der Waals surface area contributed by atoms with Crippen molar-refractivity contribution >= 4 is 9.84 Å².